The lowest BCUT2D eigenvalue weighted by Crippen LogP contribution is -2.30. The number of thiazole rings is 1. The van der Waals surface area contributed by atoms with Crippen molar-refractivity contribution < 1.29 is 4.74 Å². The van der Waals surface area contributed by atoms with Crippen LogP contribution in [0.4, 0.5) is 0 Å². The van der Waals surface area contributed by atoms with Crippen LogP contribution in [-0.2, 0) is 11.2 Å². The smallest absolute Gasteiger partial charge is 0.0943 e. The lowest BCUT2D eigenvalue weighted by Gasteiger charge is -2.24. The highest BCUT2D eigenvalue weighted by molar-refractivity contribution is 7.09. The quantitative estimate of drug-likeness (QED) is 0.861. The predicted molar refractivity (Wildman–Crippen MR) is 76.2 cm³/mol. The van der Waals surface area contributed by atoms with Crippen LogP contribution in [-0.4, -0.2) is 30.8 Å². The van der Waals surface area contributed by atoms with Crippen LogP contribution in [0.15, 0.2) is 5.38 Å². The fourth-order valence-electron chi connectivity index (χ4n) is 2.48. The first-order valence-corrected chi connectivity index (χ1v) is 7.85. The Kier molecular flexibility index (Phi) is 5.60. The average molecular weight is 268 g/mol. The Bertz CT molecular complexity index is 347. The highest BCUT2D eigenvalue weighted by Gasteiger charge is 2.17. The number of nitrogens with zero attached hydrogens (tertiary/aromatic N) is 1. The Hall–Kier alpha value is -0.450. The van der Waals surface area contributed by atoms with Gasteiger partial charge in [0.25, 0.3) is 0 Å². The van der Waals surface area contributed by atoms with E-state index in [0.717, 1.165) is 18.7 Å². The van der Waals surface area contributed by atoms with Crippen molar-refractivity contribution in [1.29, 1.82) is 0 Å². The van der Waals surface area contributed by atoms with Crippen LogP contribution in [0.1, 0.15) is 42.8 Å². The Balaban J connectivity index is 1.74. The highest BCUT2D eigenvalue weighted by Crippen LogP contribution is 2.19. The molecule has 18 heavy (non-hydrogen) atoms. The van der Waals surface area contributed by atoms with Gasteiger partial charge in [0, 0.05) is 30.1 Å². The molecule has 0 saturated carbocycles. The van der Waals surface area contributed by atoms with E-state index >= 15 is 0 Å². The lowest BCUT2D eigenvalue weighted by molar-refractivity contribution is 0.00870. The normalized spacial score (nSPS) is 22.0. The van der Waals surface area contributed by atoms with Gasteiger partial charge in [-0.15, -0.1) is 11.3 Å². The molecule has 0 amide bonds. The minimum atomic E-state index is 0.493. The first-order chi connectivity index (χ1) is 8.78. The summed E-state index contributed by atoms with van der Waals surface area (Å²) in [7, 11) is 2.05. The number of likely N-dealkylation sites (N-methyl/N-ethyl adjacent to an activating group) is 1. The van der Waals surface area contributed by atoms with E-state index in [-0.39, 0.29) is 0 Å². The Morgan fingerprint density at radius 2 is 2.44 bits per heavy atom. The molecule has 2 rings (SSSR count). The summed E-state index contributed by atoms with van der Waals surface area (Å²) in [4.78, 5) is 4.54. The van der Waals surface area contributed by atoms with Crippen LogP contribution in [0.3, 0.4) is 0 Å². The van der Waals surface area contributed by atoms with Crippen LogP contribution < -0.4 is 5.32 Å². The number of aromatic nitrogens is 1. The minimum absolute atomic E-state index is 0.493. The van der Waals surface area contributed by atoms with E-state index in [1.807, 2.05) is 7.05 Å². The van der Waals surface area contributed by atoms with Crippen molar-refractivity contribution >= 4 is 11.3 Å². The maximum absolute atomic E-state index is 5.79. The molecule has 2 heterocycles. The van der Waals surface area contributed by atoms with E-state index in [4.69, 9.17) is 4.74 Å². The van der Waals surface area contributed by atoms with E-state index in [1.54, 1.807) is 11.3 Å². The van der Waals surface area contributed by atoms with Crippen molar-refractivity contribution in [3.8, 4) is 0 Å². The summed E-state index contributed by atoms with van der Waals surface area (Å²) in [6, 6.07) is 0.529. The van der Waals surface area contributed by atoms with Gasteiger partial charge in [0.2, 0.25) is 0 Å². The fraction of sp³-hybridized carbons (Fsp3) is 0.786. The van der Waals surface area contributed by atoms with Gasteiger partial charge in [-0.1, -0.05) is 0 Å². The van der Waals surface area contributed by atoms with Gasteiger partial charge in [-0.3, -0.25) is 0 Å². The van der Waals surface area contributed by atoms with Crippen molar-refractivity contribution in [2.45, 2.75) is 57.6 Å². The van der Waals surface area contributed by atoms with Crippen LogP contribution in [0.5, 0.6) is 0 Å². The zero-order chi connectivity index (χ0) is 12.8. The van der Waals surface area contributed by atoms with Crippen molar-refractivity contribution in [3.63, 3.8) is 0 Å². The van der Waals surface area contributed by atoms with E-state index in [2.05, 4.69) is 22.6 Å². The van der Waals surface area contributed by atoms with Crippen molar-refractivity contribution in [1.82, 2.24) is 10.3 Å². The fourth-order valence-corrected chi connectivity index (χ4v) is 3.33. The highest BCUT2D eigenvalue weighted by atomic mass is 32.1. The van der Waals surface area contributed by atoms with E-state index in [9.17, 15) is 0 Å². The largest absolute Gasteiger partial charge is 0.378 e. The molecule has 1 aliphatic rings. The molecule has 2 atom stereocenters. The van der Waals surface area contributed by atoms with Gasteiger partial charge in [-0.25, -0.2) is 4.98 Å². The molecule has 102 valence electrons. The molecule has 0 aromatic carbocycles. The topological polar surface area (TPSA) is 34.1 Å². The monoisotopic (exact) mass is 268 g/mol. The molecule has 1 N–H and O–H groups in total. The molecule has 1 fully saturated rings. The summed E-state index contributed by atoms with van der Waals surface area (Å²) in [6.45, 7) is 3.02. The first-order valence-electron chi connectivity index (χ1n) is 6.98. The van der Waals surface area contributed by atoms with Gasteiger partial charge in [-0.2, -0.15) is 0 Å². The number of ether oxygens (including phenoxy) is 1. The molecule has 0 aliphatic carbocycles. The molecule has 0 bridgehead atoms. The minimum Gasteiger partial charge on any atom is -0.378 e. The van der Waals surface area contributed by atoms with Crippen LogP contribution in [0.2, 0.25) is 0 Å². The van der Waals surface area contributed by atoms with Gasteiger partial charge < -0.3 is 10.1 Å². The van der Waals surface area contributed by atoms with Crippen molar-refractivity contribution in [3.05, 3.63) is 16.1 Å². The standard InChI is InChI=1S/C14H24N2OS/c1-11-10-18-14(16-11)9-12(15-2)6-7-13-5-3-4-8-17-13/h10,12-13,15H,3-9H2,1-2H3. The van der Waals surface area contributed by atoms with Gasteiger partial charge in [-0.05, 0) is 46.1 Å². The van der Waals surface area contributed by atoms with Crippen molar-refractivity contribution in [2.24, 2.45) is 0 Å². The Labute approximate surface area is 114 Å². The SMILES string of the molecule is CNC(CCC1CCCCO1)Cc1nc(C)cs1. The Morgan fingerprint density at radius 1 is 1.56 bits per heavy atom. The maximum atomic E-state index is 5.79. The molecule has 1 aromatic heterocycles. The molecular weight excluding hydrogens is 244 g/mol. The maximum Gasteiger partial charge on any atom is 0.0943 e. The second-order valence-corrected chi connectivity index (χ2v) is 6.08. The van der Waals surface area contributed by atoms with Crippen molar-refractivity contribution in [2.75, 3.05) is 13.7 Å². The van der Waals surface area contributed by atoms with E-state index < -0.39 is 0 Å². The molecule has 1 aliphatic heterocycles. The molecule has 2 unspecified atom stereocenters. The third kappa shape index (κ3) is 4.34. The van der Waals surface area contributed by atoms with Gasteiger partial charge >= 0.3 is 0 Å². The summed E-state index contributed by atoms with van der Waals surface area (Å²) in [5, 5.41) is 6.79. The van der Waals surface area contributed by atoms with Gasteiger partial charge in [0.05, 0.1) is 11.1 Å². The molecule has 0 radical (unpaired) electrons. The Morgan fingerprint density at radius 3 is 3.06 bits per heavy atom. The lowest BCUT2D eigenvalue weighted by atomic mass is 10.0. The number of hydrogen-bond acceptors (Lipinski definition) is 4. The van der Waals surface area contributed by atoms with E-state index in [1.165, 1.54) is 37.1 Å². The average Bonchev–Trinajstić information content (AvgIpc) is 2.81. The second-order valence-electron chi connectivity index (χ2n) is 5.14. The third-order valence-electron chi connectivity index (χ3n) is 3.61. The number of rotatable bonds is 6. The molecule has 4 heteroatoms. The molecule has 1 aromatic rings. The predicted octanol–water partition coefficient (Wildman–Crippen LogP) is 2.93. The number of aryl methyl sites for hydroxylation is 1. The summed E-state index contributed by atoms with van der Waals surface area (Å²) in [5.41, 5.74) is 1.14. The van der Waals surface area contributed by atoms with Crippen LogP contribution >= 0.6 is 11.3 Å². The molecule has 3 nitrogen and oxygen atoms in total. The second kappa shape index (κ2) is 7.22. The summed E-state index contributed by atoms with van der Waals surface area (Å²) < 4.78 is 5.79. The zero-order valence-electron chi connectivity index (χ0n) is 11.4. The van der Waals surface area contributed by atoms with Crippen LogP contribution in [0, 0.1) is 6.92 Å². The first kappa shape index (κ1) is 14.0. The summed E-state index contributed by atoms with van der Waals surface area (Å²) >= 11 is 1.77. The summed E-state index contributed by atoms with van der Waals surface area (Å²) in [5.74, 6) is 0. The van der Waals surface area contributed by atoms with Crippen LogP contribution in [0.25, 0.3) is 0 Å². The molecule has 1 saturated heterocycles. The van der Waals surface area contributed by atoms with Gasteiger partial charge in [0.1, 0.15) is 0 Å². The number of nitrogens with one attached hydrogen (secondary N) is 1. The molecular formula is C14H24N2OS. The zero-order valence-corrected chi connectivity index (χ0v) is 12.3. The van der Waals surface area contributed by atoms with Gasteiger partial charge in [0.15, 0.2) is 0 Å². The third-order valence-corrected chi connectivity index (χ3v) is 4.60. The summed E-state index contributed by atoms with van der Waals surface area (Å²) in [6.07, 6.45) is 7.71. The molecule has 0 spiro atoms. The van der Waals surface area contributed by atoms with E-state index in [0.29, 0.717) is 12.1 Å². The number of hydrogen-bond donors (Lipinski definition) is 1.